The lowest BCUT2D eigenvalue weighted by Gasteiger charge is -2.39. The predicted molar refractivity (Wildman–Crippen MR) is 108 cm³/mol. The Morgan fingerprint density at radius 2 is 2.00 bits per heavy atom. The van der Waals surface area contributed by atoms with Crippen LogP contribution in [0.4, 0.5) is 0 Å². The first-order valence-electron chi connectivity index (χ1n) is 10.3. The van der Waals surface area contributed by atoms with Gasteiger partial charge in [0.05, 0.1) is 17.7 Å². The first-order valence-corrected chi connectivity index (χ1v) is 10.3. The summed E-state index contributed by atoms with van der Waals surface area (Å²) in [7, 11) is 0. The molecule has 2 aromatic rings. The van der Waals surface area contributed by atoms with E-state index >= 15 is 0 Å². The van der Waals surface area contributed by atoms with Gasteiger partial charge in [0.1, 0.15) is 6.54 Å². The Kier molecular flexibility index (Phi) is 5.52. The van der Waals surface area contributed by atoms with Crippen LogP contribution >= 0.6 is 0 Å². The summed E-state index contributed by atoms with van der Waals surface area (Å²) < 4.78 is 0. The van der Waals surface area contributed by atoms with Gasteiger partial charge in [-0.05, 0) is 25.3 Å². The standard InChI is InChI=1S/C21H26N6O3/c1-3-17-16(20(29)22-10-14-7-5-4-6-8-14)9-15-11-26(12-18(28)27(15)17)21(30)19-13(2)23-25-24-19/h4-8,15-17H,3,9-12H2,1-2H3,(H,22,29)(H,23,24,25)/t15-,16-,17-/m1/s1. The summed E-state index contributed by atoms with van der Waals surface area (Å²) in [6.07, 6.45) is 1.24. The number of amides is 3. The Balaban J connectivity index is 1.45. The second-order valence-corrected chi connectivity index (χ2v) is 7.92. The third-order valence-electron chi connectivity index (χ3n) is 6.06. The average molecular weight is 410 g/mol. The molecule has 2 aliphatic rings. The van der Waals surface area contributed by atoms with Crippen LogP contribution in [0.2, 0.25) is 0 Å². The molecule has 4 rings (SSSR count). The lowest BCUT2D eigenvalue weighted by molar-refractivity contribution is -0.139. The number of carbonyl (C=O) groups is 3. The number of nitrogens with one attached hydrogen (secondary N) is 2. The van der Waals surface area contributed by atoms with E-state index in [2.05, 4.69) is 20.7 Å². The van der Waals surface area contributed by atoms with E-state index < -0.39 is 0 Å². The molecule has 158 valence electrons. The molecular formula is C21H26N6O3. The Morgan fingerprint density at radius 1 is 1.23 bits per heavy atom. The molecule has 0 spiro atoms. The summed E-state index contributed by atoms with van der Waals surface area (Å²) in [6.45, 7) is 4.55. The van der Waals surface area contributed by atoms with Crippen LogP contribution in [0.25, 0.3) is 0 Å². The van der Waals surface area contributed by atoms with E-state index in [0.717, 1.165) is 5.56 Å². The second-order valence-electron chi connectivity index (χ2n) is 7.92. The highest BCUT2D eigenvalue weighted by molar-refractivity contribution is 5.96. The number of aryl methyl sites for hydroxylation is 1. The van der Waals surface area contributed by atoms with Crippen LogP contribution in [0.1, 0.15) is 41.5 Å². The molecule has 2 fully saturated rings. The number of hydrogen-bond acceptors (Lipinski definition) is 5. The topological polar surface area (TPSA) is 111 Å². The van der Waals surface area contributed by atoms with Crippen molar-refractivity contribution in [2.75, 3.05) is 13.1 Å². The van der Waals surface area contributed by atoms with Gasteiger partial charge in [0.25, 0.3) is 5.91 Å². The number of rotatable bonds is 5. The fourth-order valence-electron chi connectivity index (χ4n) is 4.61. The molecule has 3 atom stereocenters. The SMILES string of the molecule is CC[C@@H]1[C@H](C(=O)NCc2ccccc2)C[C@@H]2CN(C(=O)c3n[nH]nc3C)CC(=O)N21. The van der Waals surface area contributed by atoms with Crippen molar-refractivity contribution in [2.24, 2.45) is 5.92 Å². The molecule has 2 N–H and O–H groups in total. The first kappa shape index (κ1) is 20.1. The van der Waals surface area contributed by atoms with Gasteiger partial charge in [-0.1, -0.05) is 37.3 Å². The third-order valence-corrected chi connectivity index (χ3v) is 6.06. The molecule has 2 saturated heterocycles. The van der Waals surface area contributed by atoms with Crippen LogP contribution < -0.4 is 5.32 Å². The van der Waals surface area contributed by atoms with Crippen LogP contribution in [0.15, 0.2) is 30.3 Å². The van der Waals surface area contributed by atoms with Gasteiger partial charge < -0.3 is 15.1 Å². The van der Waals surface area contributed by atoms with Gasteiger partial charge in [0, 0.05) is 19.1 Å². The second kappa shape index (κ2) is 8.25. The highest BCUT2D eigenvalue weighted by atomic mass is 16.2. The molecule has 1 aromatic carbocycles. The molecule has 30 heavy (non-hydrogen) atoms. The Morgan fingerprint density at radius 3 is 2.67 bits per heavy atom. The van der Waals surface area contributed by atoms with Crippen molar-refractivity contribution in [1.29, 1.82) is 0 Å². The van der Waals surface area contributed by atoms with Crippen molar-refractivity contribution < 1.29 is 14.4 Å². The van der Waals surface area contributed by atoms with Gasteiger partial charge in [0.2, 0.25) is 11.8 Å². The van der Waals surface area contributed by atoms with Crippen molar-refractivity contribution in [3.8, 4) is 0 Å². The van der Waals surface area contributed by atoms with Crippen LogP contribution in [0, 0.1) is 12.8 Å². The fourth-order valence-corrected chi connectivity index (χ4v) is 4.61. The van der Waals surface area contributed by atoms with E-state index in [4.69, 9.17) is 0 Å². The van der Waals surface area contributed by atoms with Crippen LogP contribution in [-0.2, 0) is 16.1 Å². The Hall–Kier alpha value is -3.23. The molecule has 1 aromatic heterocycles. The zero-order valence-corrected chi connectivity index (χ0v) is 17.2. The molecule has 9 heteroatoms. The van der Waals surface area contributed by atoms with Gasteiger partial charge in [-0.15, -0.1) is 0 Å². The van der Waals surface area contributed by atoms with Crippen LogP contribution in [-0.4, -0.2) is 68.1 Å². The molecule has 0 unspecified atom stereocenters. The maximum absolute atomic E-state index is 12.9. The fraction of sp³-hybridized carbons (Fsp3) is 0.476. The lowest BCUT2D eigenvalue weighted by atomic mass is 9.96. The highest BCUT2D eigenvalue weighted by Gasteiger charge is 2.49. The van der Waals surface area contributed by atoms with E-state index in [1.54, 1.807) is 6.92 Å². The smallest absolute Gasteiger partial charge is 0.276 e. The van der Waals surface area contributed by atoms with E-state index in [1.165, 1.54) is 4.90 Å². The molecule has 0 radical (unpaired) electrons. The zero-order chi connectivity index (χ0) is 21.3. The number of H-pyrrole nitrogens is 1. The molecule has 0 saturated carbocycles. The lowest BCUT2D eigenvalue weighted by Crippen LogP contribution is -2.57. The minimum absolute atomic E-state index is 0.00348. The van der Waals surface area contributed by atoms with Gasteiger partial charge in [-0.25, -0.2) is 0 Å². The number of benzene rings is 1. The first-order chi connectivity index (χ1) is 14.5. The summed E-state index contributed by atoms with van der Waals surface area (Å²) in [6, 6.07) is 9.43. The number of aromatic amines is 1. The normalized spacial score (nSPS) is 23.4. The van der Waals surface area contributed by atoms with Crippen molar-refractivity contribution >= 4 is 17.7 Å². The summed E-state index contributed by atoms with van der Waals surface area (Å²) >= 11 is 0. The summed E-state index contributed by atoms with van der Waals surface area (Å²) in [5.41, 5.74) is 1.77. The number of piperazine rings is 1. The van der Waals surface area contributed by atoms with E-state index in [1.807, 2.05) is 42.2 Å². The van der Waals surface area contributed by atoms with Gasteiger partial charge in [-0.3, -0.25) is 14.4 Å². The van der Waals surface area contributed by atoms with Gasteiger partial charge >= 0.3 is 0 Å². The number of aromatic nitrogens is 3. The number of carbonyl (C=O) groups excluding carboxylic acids is 3. The molecule has 0 bridgehead atoms. The van der Waals surface area contributed by atoms with E-state index in [-0.39, 0.29) is 48.0 Å². The minimum Gasteiger partial charge on any atom is -0.352 e. The Bertz CT molecular complexity index is 943. The number of nitrogens with zero attached hydrogens (tertiary/aromatic N) is 4. The average Bonchev–Trinajstić information content (AvgIpc) is 3.35. The molecule has 3 heterocycles. The maximum Gasteiger partial charge on any atom is 0.276 e. The zero-order valence-electron chi connectivity index (χ0n) is 17.2. The summed E-state index contributed by atoms with van der Waals surface area (Å²) in [4.78, 5) is 42.0. The largest absolute Gasteiger partial charge is 0.352 e. The van der Waals surface area contributed by atoms with Gasteiger partial charge in [0.15, 0.2) is 5.69 Å². The maximum atomic E-state index is 12.9. The van der Waals surface area contributed by atoms with Crippen molar-refractivity contribution in [3.63, 3.8) is 0 Å². The van der Waals surface area contributed by atoms with Gasteiger partial charge in [-0.2, -0.15) is 15.4 Å². The number of fused-ring (bicyclic) bond motifs is 1. The van der Waals surface area contributed by atoms with Crippen LogP contribution in [0.5, 0.6) is 0 Å². The monoisotopic (exact) mass is 410 g/mol. The van der Waals surface area contributed by atoms with E-state index in [9.17, 15) is 14.4 Å². The van der Waals surface area contributed by atoms with Crippen molar-refractivity contribution in [3.05, 3.63) is 47.3 Å². The quantitative estimate of drug-likeness (QED) is 0.760. The minimum atomic E-state index is -0.306. The molecule has 9 nitrogen and oxygen atoms in total. The number of hydrogen-bond donors (Lipinski definition) is 2. The van der Waals surface area contributed by atoms with Crippen molar-refractivity contribution in [2.45, 2.75) is 45.3 Å². The molecule has 2 aliphatic heterocycles. The molecule has 0 aliphatic carbocycles. The summed E-state index contributed by atoms with van der Waals surface area (Å²) in [5, 5.41) is 13.3. The van der Waals surface area contributed by atoms with E-state index in [0.29, 0.717) is 31.6 Å². The highest BCUT2D eigenvalue weighted by Crippen LogP contribution is 2.35. The molecular weight excluding hydrogens is 384 g/mol. The summed E-state index contributed by atoms with van der Waals surface area (Å²) in [5.74, 6) is -0.750. The van der Waals surface area contributed by atoms with Crippen molar-refractivity contribution in [1.82, 2.24) is 30.5 Å². The predicted octanol–water partition coefficient (Wildman–Crippen LogP) is 0.881. The Labute approximate surface area is 174 Å². The third kappa shape index (κ3) is 3.67. The molecule has 3 amide bonds. The van der Waals surface area contributed by atoms with Crippen LogP contribution in [0.3, 0.4) is 0 Å².